The molecule has 1 unspecified atom stereocenters. The Morgan fingerprint density at radius 2 is 1.96 bits per heavy atom. The summed E-state index contributed by atoms with van der Waals surface area (Å²) in [5, 5.41) is 3.29. The fourth-order valence-electron chi connectivity index (χ4n) is 2.88. The minimum Gasteiger partial charge on any atom is -0.480 e. The summed E-state index contributed by atoms with van der Waals surface area (Å²) in [5.41, 5.74) is 0.974. The van der Waals surface area contributed by atoms with Crippen molar-refractivity contribution < 1.29 is 22.6 Å². The number of ether oxygens (including phenoxy) is 2. The van der Waals surface area contributed by atoms with Crippen LogP contribution in [0.15, 0.2) is 48.7 Å². The molecule has 3 rings (SSSR count). The highest BCUT2D eigenvalue weighted by molar-refractivity contribution is 5.34. The second-order valence-corrected chi connectivity index (χ2v) is 5.91. The number of aromatic nitrogens is 1. The van der Waals surface area contributed by atoms with Crippen LogP contribution in [0.4, 0.5) is 13.2 Å². The Labute approximate surface area is 144 Å². The Morgan fingerprint density at radius 3 is 2.64 bits per heavy atom. The van der Waals surface area contributed by atoms with Gasteiger partial charge in [-0.25, -0.2) is 4.98 Å². The Bertz CT molecular complexity index is 674. The molecule has 0 spiro atoms. The number of hydrogen-bond donors (Lipinski definition) is 1. The van der Waals surface area contributed by atoms with E-state index in [-0.39, 0.29) is 23.7 Å². The van der Waals surface area contributed by atoms with Gasteiger partial charge in [0.1, 0.15) is 6.10 Å². The normalized spacial score (nSPS) is 18.8. The van der Waals surface area contributed by atoms with Gasteiger partial charge in [0.25, 0.3) is 5.88 Å². The molecule has 1 aliphatic rings. The van der Waals surface area contributed by atoms with Crippen molar-refractivity contribution in [3.05, 3.63) is 54.2 Å². The maximum absolute atomic E-state index is 12.4. The topological polar surface area (TPSA) is 43.4 Å². The largest absolute Gasteiger partial charge is 0.480 e. The van der Waals surface area contributed by atoms with E-state index in [2.05, 4.69) is 10.3 Å². The molecule has 1 fully saturated rings. The summed E-state index contributed by atoms with van der Waals surface area (Å²) in [4.78, 5) is 3.89. The molecule has 0 aliphatic carbocycles. The van der Waals surface area contributed by atoms with Gasteiger partial charge in [0.05, 0.1) is 0 Å². The molecule has 4 nitrogen and oxygen atoms in total. The minimum atomic E-state index is -4.43. The molecule has 0 saturated carbocycles. The van der Waals surface area contributed by atoms with Crippen molar-refractivity contribution in [1.82, 2.24) is 10.3 Å². The van der Waals surface area contributed by atoms with E-state index < -0.39 is 12.8 Å². The second-order valence-electron chi connectivity index (χ2n) is 5.91. The van der Waals surface area contributed by atoms with E-state index in [0.717, 1.165) is 25.1 Å². The lowest BCUT2D eigenvalue weighted by Gasteiger charge is -2.25. The van der Waals surface area contributed by atoms with Crippen molar-refractivity contribution in [3.8, 4) is 11.6 Å². The van der Waals surface area contributed by atoms with Crippen LogP contribution in [-0.2, 0) is 0 Å². The van der Waals surface area contributed by atoms with E-state index in [1.165, 1.54) is 6.20 Å². The highest BCUT2D eigenvalue weighted by Crippen LogP contribution is 2.35. The van der Waals surface area contributed by atoms with Gasteiger partial charge in [-0.05, 0) is 30.7 Å². The lowest BCUT2D eigenvalue weighted by Crippen LogP contribution is -2.23. The van der Waals surface area contributed by atoms with Crippen molar-refractivity contribution in [3.63, 3.8) is 0 Å². The van der Waals surface area contributed by atoms with Crippen LogP contribution in [0.25, 0.3) is 0 Å². The first-order chi connectivity index (χ1) is 12.0. The van der Waals surface area contributed by atoms with E-state index >= 15 is 0 Å². The zero-order valence-electron chi connectivity index (χ0n) is 13.5. The molecular weight excluding hydrogens is 333 g/mol. The number of rotatable bonds is 6. The Morgan fingerprint density at radius 1 is 1.16 bits per heavy atom. The zero-order chi connectivity index (χ0) is 17.7. The molecule has 1 aromatic heterocycles. The molecule has 0 radical (unpaired) electrons. The van der Waals surface area contributed by atoms with Crippen molar-refractivity contribution in [2.45, 2.75) is 18.7 Å². The molecular formula is C18H19F3N2O2. The number of halogens is 3. The molecule has 7 heteroatoms. The third-order valence-electron chi connectivity index (χ3n) is 4.02. The molecule has 25 heavy (non-hydrogen) atoms. The quantitative estimate of drug-likeness (QED) is 0.860. The number of benzene rings is 1. The minimum absolute atomic E-state index is 0.147. The lowest BCUT2D eigenvalue weighted by atomic mass is 9.95. The van der Waals surface area contributed by atoms with Gasteiger partial charge in [0.2, 0.25) is 0 Å². The number of alkyl halides is 3. The monoisotopic (exact) mass is 352 g/mol. The summed E-state index contributed by atoms with van der Waals surface area (Å²) in [7, 11) is 0. The van der Waals surface area contributed by atoms with Crippen molar-refractivity contribution in [1.29, 1.82) is 0 Å². The van der Waals surface area contributed by atoms with E-state index in [1.54, 1.807) is 12.1 Å². The summed E-state index contributed by atoms with van der Waals surface area (Å²) in [6.45, 7) is 0.280. The number of pyridine rings is 1. The van der Waals surface area contributed by atoms with Crippen LogP contribution in [0.1, 0.15) is 18.1 Å². The van der Waals surface area contributed by atoms with Gasteiger partial charge in [-0.1, -0.05) is 30.3 Å². The van der Waals surface area contributed by atoms with E-state index in [4.69, 9.17) is 9.47 Å². The average molecular weight is 352 g/mol. The highest BCUT2D eigenvalue weighted by Gasteiger charge is 2.31. The van der Waals surface area contributed by atoms with Crippen molar-refractivity contribution in [2.24, 2.45) is 5.92 Å². The van der Waals surface area contributed by atoms with Gasteiger partial charge in [-0.15, -0.1) is 0 Å². The van der Waals surface area contributed by atoms with E-state index in [9.17, 15) is 13.2 Å². The molecule has 2 atom stereocenters. The summed E-state index contributed by atoms with van der Waals surface area (Å²) >= 11 is 0. The zero-order valence-corrected chi connectivity index (χ0v) is 13.5. The maximum Gasteiger partial charge on any atom is 0.422 e. The van der Waals surface area contributed by atoms with E-state index in [1.807, 2.05) is 30.3 Å². The maximum atomic E-state index is 12.4. The first-order valence-electron chi connectivity index (χ1n) is 8.10. The molecule has 2 heterocycles. The van der Waals surface area contributed by atoms with Gasteiger partial charge in [-0.2, -0.15) is 13.2 Å². The standard InChI is InChI=1S/C18H19F3N2O2/c19-18(20,21)12-24-17-15(7-4-9-23-17)25-16(14-8-10-22-11-14)13-5-2-1-3-6-13/h1-7,9,14,16,22H,8,10-12H2/t14-,16?/m1/s1. The predicted molar refractivity (Wildman–Crippen MR) is 86.6 cm³/mol. The van der Waals surface area contributed by atoms with Gasteiger partial charge in [0.15, 0.2) is 12.4 Å². The first kappa shape index (κ1) is 17.5. The molecule has 0 amide bonds. The van der Waals surface area contributed by atoms with Gasteiger partial charge < -0.3 is 14.8 Å². The molecule has 0 bridgehead atoms. The average Bonchev–Trinajstić information content (AvgIpc) is 3.13. The van der Waals surface area contributed by atoms with Crippen LogP contribution in [-0.4, -0.2) is 30.9 Å². The molecule has 134 valence electrons. The third kappa shape index (κ3) is 4.85. The Kier molecular flexibility index (Phi) is 5.43. The molecule has 1 aromatic carbocycles. The summed E-state index contributed by atoms with van der Waals surface area (Å²) < 4.78 is 48.2. The van der Waals surface area contributed by atoms with Gasteiger partial charge >= 0.3 is 6.18 Å². The van der Waals surface area contributed by atoms with E-state index in [0.29, 0.717) is 0 Å². The highest BCUT2D eigenvalue weighted by atomic mass is 19.4. The van der Waals surface area contributed by atoms with Gasteiger partial charge in [-0.3, -0.25) is 0 Å². The molecule has 1 aliphatic heterocycles. The molecule has 2 aromatic rings. The number of nitrogens with zero attached hydrogens (tertiary/aromatic N) is 1. The second kappa shape index (κ2) is 7.74. The number of nitrogens with one attached hydrogen (secondary N) is 1. The summed E-state index contributed by atoms with van der Waals surface area (Å²) in [6, 6.07) is 12.8. The van der Waals surface area contributed by atoms with Crippen molar-refractivity contribution >= 4 is 0 Å². The van der Waals surface area contributed by atoms with Crippen LogP contribution >= 0.6 is 0 Å². The fraction of sp³-hybridized carbons (Fsp3) is 0.389. The SMILES string of the molecule is FC(F)(F)COc1ncccc1OC(c1ccccc1)[C@@H]1CCNC1. The third-order valence-corrected chi connectivity index (χ3v) is 4.02. The van der Waals surface area contributed by atoms with Crippen LogP contribution in [0.5, 0.6) is 11.6 Å². The van der Waals surface area contributed by atoms with Crippen LogP contribution in [0.2, 0.25) is 0 Å². The molecule has 1 saturated heterocycles. The first-order valence-corrected chi connectivity index (χ1v) is 8.10. The molecule has 1 N–H and O–H groups in total. The summed E-state index contributed by atoms with van der Waals surface area (Å²) in [5.74, 6) is 0.289. The van der Waals surface area contributed by atoms with Crippen molar-refractivity contribution in [2.75, 3.05) is 19.7 Å². The smallest absolute Gasteiger partial charge is 0.422 e. The van der Waals surface area contributed by atoms with Gasteiger partial charge in [0, 0.05) is 18.7 Å². The predicted octanol–water partition coefficient (Wildman–Crippen LogP) is 3.75. The lowest BCUT2D eigenvalue weighted by molar-refractivity contribution is -0.154. The van der Waals surface area contributed by atoms with Crippen LogP contribution < -0.4 is 14.8 Å². The fourth-order valence-corrected chi connectivity index (χ4v) is 2.88. The van der Waals surface area contributed by atoms with Crippen LogP contribution in [0, 0.1) is 5.92 Å². The number of hydrogen-bond acceptors (Lipinski definition) is 4. The Balaban J connectivity index is 1.82. The summed E-state index contributed by atoms with van der Waals surface area (Å²) in [6.07, 6.45) is -2.40. The Hall–Kier alpha value is -2.28. The van der Waals surface area contributed by atoms with Crippen LogP contribution in [0.3, 0.4) is 0 Å².